The van der Waals surface area contributed by atoms with Gasteiger partial charge in [0, 0.05) is 10.6 Å². The second-order valence-corrected chi connectivity index (χ2v) is 7.01. The molecule has 0 aliphatic rings. The second-order valence-electron chi connectivity index (χ2n) is 4.89. The van der Waals surface area contributed by atoms with Crippen molar-refractivity contribution < 1.29 is 13.2 Å². The van der Waals surface area contributed by atoms with Gasteiger partial charge < -0.3 is 0 Å². The molecule has 0 atom stereocenters. The lowest BCUT2D eigenvalue weighted by molar-refractivity contribution is 0.0981. The van der Waals surface area contributed by atoms with Crippen LogP contribution in [0.2, 0.25) is 5.02 Å². The molecule has 0 heterocycles. The zero-order valence-electron chi connectivity index (χ0n) is 12.3. The molecule has 116 valence electrons. The van der Waals surface area contributed by atoms with Crippen molar-refractivity contribution >= 4 is 27.5 Å². The SMILES string of the molecule is CCc1ccc(S(=O)(=O)NC(=O)c2ccc(Cl)cc2C)cc1. The van der Waals surface area contributed by atoms with Crippen molar-refractivity contribution in [1.82, 2.24) is 4.72 Å². The summed E-state index contributed by atoms with van der Waals surface area (Å²) in [4.78, 5) is 12.2. The maximum atomic E-state index is 12.2. The standard InChI is InChI=1S/C16H16ClNO3S/c1-3-12-4-7-14(8-5-12)22(20,21)18-16(19)15-9-6-13(17)10-11(15)2/h4-10H,3H2,1-2H3,(H,18,19). The Morgan fingerprint density at radius 1 is 1.14 bits per heavy atom. The molecule has 1 amide bonds. The highest BCUT2D eigenvalue weighted by atomic mass is 35.5. The zero-order valence-corrected chi connectivity index (χ0v) is 13.8. The number of carbonyl (C=O) groups excluding carboxylic acids is 1. The molecule has 0 radical (unpaired) electrons. The topological polar surface area (TPSA) is 63.2 Å². The first kappa shape index (κ1) is 16.5. The third-order valence-corrected chi connectivity index (χ3v) is 4.88. The number of aryl methyl sites for hydroxylation is 2. The number of halogens is 1. The molecular weight excluding hydrogens is 322 g/mol. The van der Waals surface area contributed by atoms with Crippen molar-refractivity contribution in [1.29, 1.82) is 0 Å². The molecular formula is C16H16ClNO3S. The minimum atomic E-state index is -3.89. The van der Waals surface area contributed by atoms with E-state index in [9.17, 15) is 13.2 Å². The van der Waals surface area contributed by atoms with Crippen LogP contribution in [0, 0.1) is 6.92 Å². The smallest absolute Gasteiger partial charge is 0.265 e. The van der Waals surface area contributed by atoms with E-state index in [0.29, 0.717) is 10.6 Å². The fourth-order valence-corrected chi connectivity index (χ4v) is 3.22. The molecule has 2 aromatic rings. The van der Waals surface area contributed by atoms with Crippen LogP contribution in [0.1, 0.15) is 28.4 Å². The van der Waals surface area contributed by atoms with Crippen LogP contribution >= 0.6 is 11.6 Å². The van der Waals surface area contributed by atoms with E-state index >= 15 is 0 Å². The molecule has 0 bridgehead atoms. The zero-order chi connectivity index (χ0) is 16.3. The molecule has 22 heavy (non-hydrogen) atoms. The van der Waals surface area contributed by atoms with Crippen LogP contribution in [-0.2, 0) is 16.4 Å². The molecule has 0 aromatic heterocycles. The first-order valence-corrected chi connectivity index (χ1v) is 8.62. The average molecular weight is 338 g/mol. The van der Waals surface area contributed by atoms with Crippen LogP contribution in [0.15, 0.2) is 47.4 Å². The third kappa shape index (κ3) is 3.67. The molecule has 2 aromatic carbocycles. The van der Waals surface area contributed by atoms with E-state index < -0.39 is 15.9 Å². The second kappa shape index (κ2) is 6.50. The van der Waals surface area contributed by atoms with Gasteiger partial charge in [-0.15, -0.1) is 0 Å². The van der Waals surface area contributed by atoms with Crippen LogP contribution in [-0.4, -0.2) is 14.3 Å². The van der Waals surface area contributed by atoms with Gasteiger partial charge in [0.15, 0.2) is 0 Å². The Morgan fingerprint density at radius 3 is 2.32 bits per heavy atom. The van der Waals surface area contributed by atoms with E-state index in [0.717, 1.165) is 12.0 Å². The number of carbonyl (C=O) groups is 1. The van der Waals surface area contributed by atoms with Crippen molar-refractivity contribution in [2.24, 2.45) is 0 Å². The number of sulfonamides is 1. The van der Waals surface area contributed by atoms with E-state index in [1.807, 2.05) is 6.92 Å². The van der Waals surface area contributed by atoms with Crippen LogP contribution in [0.3, 0.4) is 0 Å². The highest BCUT2D eigenvalue weighted by molar-refractivity contribution is 7.90. The van der Waals surface area contributed by atoms with Gasteiger partial charge >= 0.3 is 0 Å². The summed E-state index contributed by atoms with van der Waals surface area (Å²) in [6.07, 6.45) is 0.816. The minimum absolute atomic E-state index is 0.0599. The van der Waals surface area contributed by atoms with Crippen molar-refractivity contribution in [3.05, 3.63) is 64.2 Å². The third-order valence-electron chi connectivity index (χ3n) is 3.30. The Bertz CT molecular complexity index is 799. The predicted molar refractivity (Wildman–Crippen MR) is 86.7 cm³/mol. The van der Waals surface area contributed by atoms with Gasteiger partial charge in [0.05, 0.1) is 4.90 Å². The normalized spacial score (nSPS) is 11.2. The lowest BCUT2D eigenvalue weighted by Gasteiger charge is -2.09. The molecule has 0 unspecified atom stereocenters. The van der Waals surface area contributed by atoms with E-state index in [2.05, 4.69) is 4.72 Å². The van der Waals surface area contributed by atoms with Gasteiger partial charge in [-0.1, -0.05) is 30.7 Å². The summed E-state index contributed by atoms with van der Waals surface area (Å²) in [5, 5.41) is 0.493. The highest BCUT2D eigenvalue weighted by Gasteiger charge is 2.19. The van der Waals surface area contributed by atoms with Crippen molar-refractivity contribution in [3.8, 4) is 0 Å². The summed E-state index contributed by atoms with van der Waals surface area (Å²) in [5.74, 6) is -0.672. The maximum absolute atomic E-state index is 12.2. The molecule has 0 spiro atoms. The van der Waals surface area contributed by atoms with Gasteiger partial charge in [0.1, 0.15) is 0 Å². The summed E-state index contributed by atoms with van der Waals surface area (Å²) >= 11 is 5.83. The molecule has 4 nitrogen and oxygen atoms in total. The van der Waals surface area contributed by atoms with Gasteiger partial charge in [0.2, 0.25) is 0 Å². The predicted octanol–water partition coefficient (Wildman–Crippen LogP) is 3.33. The monoisotopic (exact) mass is 337 g/mol. The van der Waals surface area contributed by atoms with Crippen molar-refractivity contribution in [2.75, 3.05) is 0 Å². The fourth-order valence-electron chi connectivity index (χ4n) is 2.02. The van der Waals surface area contributed by atoms with Gasteiger partial charge in [0.25, 0.3) is 15.9 Å². The Hall–Kier alpha value is -1.85. The number of rotatable bonds is 4. The summed E-state index contributed by atoms with van der Waals surface area (Å²) in [5.41, 5.74) is 1.92. The average Bonchev–Trinajstić information content (AvgIpc) is 2.46. The highest BCUT2D eigenvalue weighted by Crippen LogP contribution is 2.16. The summed E-state index contributed by atoms with van der Waals surface area (Å²) < 4.78 is 26.5. The lowest BCUT2D eigenvalue weighted by atomic mass is 10.1. The van der Waals surface area contributed by atoms with Gasteiger partial charge in [-0.2, -0.15) is 0 Å². The van der Waals surface area contributed by atoms with Crippen molar-refractivity contribution in [2.45, 2.75) is 25.2 Å². The molecule has 0 saturated heterocycles. The van der Waals surface area contributed by atoms with Crippen LogP contribution in [0.25, 0.3) is 0 Å². The number of nitrogens with one attached hydrogen (secondary N) is 1. The maximum Gasteiger partial charge on any atom is 0.265 e. The summed E-state index contributed by atoms with van der Waals surface area (Å²) in [6.45, 7) is 3.68. The van der Waals surface area contributed by atoms with E-state index in [4.69, 9.17) is 11.6 Å². The molecule has 1 N–H and O–H groups in total. The Balaban J connectivity index is 2.25. The number of hydrogen-bond acceptors (Lipinski definition) is 3. The van der Waals surface area contributed by atoms with Crippen LogP contribution < -0.4 is 4.72 Å². The first-order chi connectivity index (χ1) is 10.3. The van der Waals surface area contributed by atoms with Gasteiger partial charge in [-0.3, -0.25) is 4.79 Å². The summed E-state index contributed by atoms with van der Waals surface area (Å²) in [7, 11) is -3.89. The van der Waals surface area contributed by atoms with E-state index in [1.165, 1.54) is 18.2 Å². The Kier molecular flexibility index (Phi) is 4.88. The Morgan fingerprint density at radius 2 is 1.77 bits per heavy atom. The molecule has 6 heteroatoms. The largest absolute Gasteiger partial charge is 0.268 e. The molecule has 0 aliphatic heterocycles. The van der Waals surface area contributed by atoms with Gasteiger partial charge in [-0.05, 0) is 54.8 Å². The number of hydrogen-bond donors (Lipinski definition) is 1. The molecule has 0 aliphatic carbocycles. The van der Waals surface area contributed by atoms with Crippen LogP contribution in [0.5, 0.6) is 0 Å². The number of amides is 1. The lowest BCUT2D eigenvalue weighted by Crippen LogP contribution is -2.31. The van der Waals surface area contributed by atoms with E-state index in [-0.39, 0.29) is 10.5 Å². The first-order valence-electron chi connectivity index (χ1n) is 6.75. The minimum Gasteiger partial charge on any atom is -0.268 e. The molecule has 2 rings (SSSR count). The van der Waals surface area contributed by atoms with E-state index in [1.54, 1.807) is 31.2 Å². The molecule has 0 saturated carbocycles. The fraction of sp³-hybridized carbons (Fsp3) is 0.188. The van der Waals surface area contributed by atoms with Gasteiger partial charge in [-0.25, -0.2) is 13.1 Å². The Labute approximate surface area is 135 Å². The van der Waals surface area contributed by atoms with Crippen molar-refractivity contribution in [3.63, 3.8) is 0 Å². The quantitative estimate of drug-likeness (QED) is 0.930. The molecule has 0 fully saturated rings. The summed E-state index contributed by atoms with van der Waals surface area (Å²) in [6, 6.07) is 11.1. The number of benzene rings is 2. The van der Waals surface area contributed by atoms with Crippen LogP contribution in [0.4, 0.5) is 0 Å².